The molecule has 1 aromatic heterocycles. The number of H-pyrrole nitrogens is 1. The second-order valence-corrected chi connectivity index (χ2v) is 5.58. The van der Waals surface area contributed by atoms with Gasteiger partial charge in [0.15, 0.2) is 5.82 Å². The summed E-state index contributed by atoms with van der Waals surface area (Å²) in [4.78, 5) is 41.2. The topological polar surface area (TPSA) is 125 Å². The number of carbonyl (C=O) groups is 3. The summed E-state index contributed by atoms with van der Waals surface area (Å²) in [5.74, 6) is -0.698. The molecule has 0 radical (unpaired) electrons. The SMILES string of the molecule is CNC(=O)CNC(=O)c1cnc(C(=O)NCCCOCC(C)C)[nH]1. The van der Waals surface area contributed by atoms with Crippen molar-refractivity contribution in [3.63, 3.8) is 0 Å². The molecule has 134 valence electrons. The number of hydrogen-bond acceptors (Lipinski definition) is 5. The van der Waals surface area contributed by atoms with E-state index in [-0.39, 0.29) is 24.0 Å². The van der Waals surface area contributed by atoms with Gasteiger partial charge in [-0.3, -0.25) is 14.4 Å². The monoisotopic (exact) mass is 339 g/mol. The number of amides is 3. The first-order valence-electron chi connectivity index (χ1n) is 7.83. The zero-order valence-corrected chi connectivity index (χ0v) is 14.3. The van der Waals surface area contributed by atoms with Gasteiger partial charge in [0, 0.05) is 26.8 Å². The third-order valence-corrected chi connectivity index (χ3v) is 2.93. The van der Waals surface area contributed by atoms with Crippen molar-refractivity contribution in [1.82, 2.24) is 25.9 Å². The molecule has 9 nitrogen and oxygen atoms in total. The molecule has 0 unspecified atom stereocenters. The highest BCUT2D eigenvalue weighted by atomic mass is 16.5. The van der Waals surface area contributed by atoms with E-state index in [2.05, 4.69) is 39.8 Å². The van der Waals surface area contributed by atoms with Crippen LogP contribution in [-0.2, 0) is 9.53 Å². The Kier molecular flexibility index (Phi) is 8.48. The average Bonchev–Trinajstić information content (AvgIpc) is 3.05. The number of likely N-dealkylation sites (N-methyl/N-ethyl adjacent to an activating group) is 1. The molecule has 9 heteroatoms. The fourth-order valence-corrected chi connectivity index (χ4v) is 1.68. The van der Waals surface area contributed by atoms with Crippen molar-refractivity contribution >= 4 is 17.7 Å². The Labute approximate surface area is 140 Å². The van der Waals surface area contributed by atoms with Gasteiger partial charge >= 0.3 is 0 Å². The Morgan fingerprint density at radius 2 is 2.00 bits per heavy atom. The summed E-state index contributed by atoms with van der Waals surface area (Å²) >= 11 is 0. The molecular formula is C15H25N5O4. The average molecular weight is 339 g/mol. The first-order chi connectivity index (χ1) is 11.4. The van der Waals surface area contributed by atoms with Gasteiger partial charge in [-0.05, 0) is 12.3 Å². The normalized spacial score (nSPS) is 10.5. The second-order valence-electron chi connectivity index (χ2n) is 5.58. The van der Waals surface area contributed by atoms with Crippen LogP contribution in [0.15, 0.2) is 6.20 Å². The number of hydrogen-bond donors (Lipinski definition) is 4. The predicted molar refractivity (Wildman–Crippen MR) is 87.6 cm³/mol. The Bertz CT molecular complexity index is 556. The summed E-state index contributed by atoms with van der Waals surface area (Å²) in [5.41, 5.74) is 0.115. The van der Waals surface area contributed by atoms with Gasteiger partial charge in [-0.1, -0.05) is 13.8 Å². The van der Waals surface area contributed by atoms with Gasteiger partial charge in [-0.25, -0.2) is 4.98 Å². The predicted octanol–water partition coefficient (Wildman–Crippen LogP) is -0.322. The molecular weight excluding hydrogens is 314 g/mol. The van der Waals surface area contributed by atoms with E-state index in [0.717, 1.165) is 0 Å². The molecule has 0 fully saturated rings. The summed E-state index contributed by atoms with van der Waals surface area (Å²) in [7, 11) is 1.47. The van der Waals surface area contributed by atoms with Crippen LogP contribution in [0.3, 0.4) is 0 Å². The Morgan fingerprint density at radius 3 is 2.67 bits per heavy atom. The van der Waals surface area contributed by atoms with Crippen LogP contribution in [0.25, 0.3) is 0 Å². The van der Waals surface area contributed by atoms with E-state index < -0.39 is 11.8 Å². The van der Waals surface area contributed by atoms with Crippen molar-refractivity contribution in [1.29, 1.82) is 0 Å². The zero-order chi connectivity index (χ0) is 17.9. The molecule has 24 heavy (non-hydrogen) atoms. The van der Waals surface area contributed by atoms with Crippen LogP contribution in [-0.4, -0.2) is 61.0 Å². The lowest BCUT2D eigenvalue weighted by Crippen LogP contribution is -2.35. The maximum Gasteiger partial charge on any atom is 0.287 e. The Morgan fingerprint density at radius 1 is 1.25 bits per heavy atom. The van der Waals surface area contributed by atoms with Crippen LogP contribution >= 0.6 is 0 Å². The molecule has 0 aromatic carbocycles. The van der Waals surface area contributed by atoms with E-state index in [4.69, 9.17) is 4.74 Å². The van der Waals surface area contributed by atoms with E-state index in [1.54, 1.807) is 0 Å². The van der Waals surface area contributed by atoms with Crippen LogP contribution in [0.4, 0.5) is 0 Å². The third-order valence-electron chi connectivity index (χ3n) is 2.93. The van der Waals surface area contributed by atoms with Crippen LogP contribution in [0.1, 0.15) is 41.4 Å². The number of nitrogens with zero attached hydrogens (tertiary/aromatic N) is 1. The summed E-state index contributed by atoms with van der Waals surface area (Å²) in [6.45, 7) is 5.72. The number of aromatic nitrogens is 2. The minimum absolute atomic E-state index is 0.0446. The molecule has 0 aliphatic rings. The standard InChI is InChI=1S/C15H25N5O4/c1-10(2)9-24-6-4-5-17-15(23)13-18-7-11(20-13)14(22)19-8-12(21)16-3/h7,10H,4-6,8-9H2,1-3H3,(H,16,21)(H,17,23)(H,18,20)(H,19,22). The van der Waals surface area contributed by atoms with E-state index in [9.17, 15) is 14.4 Å². The quantitative estimate of drug-likeness (QED) is 0.435. The van der Waals surface area contributed by atoms with E-state index >= 15 is 0 Å². The molecule has 0 bridgehead atoms. The molecule has 0 saturated carbocycles. The van der Waals surface area contributed by atoms with Gasteiger partial charge in [0.1, 0.15) is 5.69 Å². The van der Waals surface area contributed by atoms with Crippen LogP contribution in [0.5, 0.6) is 0 Å². The van der Waals surface area contributed by atoms with Gasteiger partial charge in [-0.2, -0.15) is 0 Å². The van der Waals surface area contributed by atoms with Gasteiger partial charge in [0.05, 0.1) is 12.7 Å². The van der Waals surface area contributed by atoms with E-state index in [1.165, 1.54) is 13.2 Å². The minimum Gasteiger partial charge on any atom is -0.381 e. The van der Waals surface area contributed by atoms with Gasteiger partial charge in [0.25, 0.3) is 11.8 Å². The fraction of sp³-hybridized carbons (Fsp3) is 0.600. The molecule has 1 heterocycles. The number of nitrogens with one attached hydrogen (secondary N) is 4. The van der Waals surface area contributed by atoms with Crippen LogP contribution in [0, 0.1) is 5.92 Å². The van der Waals surface area contributed by atoms with Crippen molar-refractivity contribution in [2.24, 2.45) is 5.92 Å². The lowest BCUT2D eigenvalue weighted by Gasteiger charge is -2.07. The van der Waals surface area contributed by atoms with Crippen LogP contribution < -0.4 is 16.0 Å². The zero-order valence-electron chi connectivity index (χ0n) is 14.3. The lowest BCUT2D eigenvalue weighted by atomic mass is 10.2. The number of rotatable bonds is 10. The van der Waals surface area contributed by atoms with Crippen molar-refractivity contribution < 1.29 is 19.1 Å². The molecule has 3 amide bonds. The smallest absolute Gasteiger partial charge is 0.287 e. The van der Waals surface area contributed by atoms with E-state index in [0.29, 0.717) is 32.1 Å². The summed E-state index contributed by atoms with van der Waals surface area (Å²) in [6, 6.07) is 0. The summed E-state index contributed by atoms with van der Waals surface area (Å²) < 4.78 is 5.41. The Hall–Kier alpha value is -2.42. The highest BCUT2D eigenvalue weighted by Crippen LogP contribution is 1.98. The minimum atomic E-state index is -0.507. The van der Waals surface area contributed by atoms with Crippen LogP contribution in [0.2, 0.25) is 0 Å². The first-order valence-corrected chi connectivity index (χ1v) is 7.83. The lowest BCUT2D eigenvalue weighted by molar-refractivity contribution is -0.119. The highest BCUT2D eigenvalue weighted by Gasteiger charge is 2.14. The fourth-order valence-electron chi connectivity index (χ4n) is 1.68. The summed E-state index contributed by atoms with van der Waals surface area (Å²) in [5, 5.41) is 7.48. The maximum absolute atomic E-state index is 11.9. The first kappa shape index (κ1) is 19.6. The highest BCUT2D eigenvalue weighted by molar-refractivity contribution is 5.97. The number of ether oxygens (including phenoxy) is 1. The largest absolute Gasteiger partial charge is 0.381 e. The molecule has 0 spiro atoms. The molecule has 0 aliphatic heterocycles. The maximum atomic E-state index is 11.9. The van der Waals surface area contributed by atoms with Crippen molar-refractivity contribution in [2.75, 3.05) is 33.4 Å². The summed E-state index contributed by atoms with van der Waals surface area (Å²) in [6.07, 6.45) is 1.94. The van der Waals surface area contributed by atoms with E-state index in [1.807, 2.05) is 0 Å². The van der Waals surface area contributed by atoms with Gasteiger partial charge in [-0.15, -0.1) is 0 Å². The number of carbonyl (C=O) groups excluding carboxylic acids is 3. The van der Waals surface area contributed by atoms with Crippen molar-refractivity contribution in [3.8, 4) is 0 Å². The molecule has 0 atom stereocenters. The number of aromatic amines is 1. The molecule has 4 N–H and O–H groups in total. The van der Waals surface area contributed by atoms with Gasteiger partial charge < -0.3 is 25.7 Å². The van der Waals surface area contributed by atoms with Crippen molar-refractivity contribution in [2.45, 2.75) is 20.3 Å². The number of imidazole rings is 1. The van der Waals surface area contributed by atoms with Gasteiger partial charge in [0.2, 0.25) is 5.91 Å². The third kappa shape index (κ3) is 7.23. The second kappa shape index (κ2) is 10.4. The Balaban J connectivity index is 2.32. The molecule has 0 aliphatic carbocycles. The molecule has 0 saturated heterocycles. The molecule has 1 aromatic rings. The van der Waals surface area contributed by atoms with Crippen molar-refractivity contribution in [3.05, 3.63) is 17.7 Å². The molecule has 1 rings (SSSR count).